The second-order valence-electron chi connectivity index (χ2n) is 6.58. The van der Waals surface area contributed by atoms with Gasteiger partial charge in [0.2, 0.25) is 5.91 Å². The number of nitrogens with zero attached hydrogens (tertiary/aromatic N) is 1. The lowest BCUT2D eigenvalue weighted by atomic mass is 9.75. The molecule has 116 valence electrons. The molecular formula is C16H30N2O2. The molecule has 0 aliphatic carbocycles. The van der Waals surface area contributed by atoms with Crippen molar-refractivity contribution in [2.75, 3.05) is 32.8 Å². The Morgan fingerprint density at radius 3 is 2.95 bits per heavy atom. The van der Waals surface area contributed by atoms with Crippen LogP contribution in [0.4, 0.5) is 0 Å². The number of piperidine rings is 2. The normalized spacial score (nSPS) is 31.3. The number of carbonyl (C=O) groups is 1. The minimum Gasteiger partial charge on any atom is -0.396 e. The lowest BCUT2D eigenvalue weighted by Crippen LogP contribution is -2.54. The van der Waals surface area contributed by atoms with Gasteiger partial charge in [-0.1, -0.05) is 13.3 Å². The largest absolute Gasteiger partial charge is 0.396 e. The van der Waals surface area contributed by atoms with Crippen molar-refractivity contribution in [1.82, 2.24) is 10.2 Å². The molecule has 0 aromatic carbocycles. The fourth-order valence-corrected chi connectivity index (χ4v) is 3.95. The molecule has 2 saturated heterocycles. The first kappa shape index (κ1) is 15.8. The molecule has 2 aliphatic heterocycles. The second-order valence-corrected chi connectivity index (χ2v) is 6.58. The molecule has 2 heterocycles. The number of hydrogen-bond donors (Lipinski definition) is 2. The van der Waals surface area contributed by atoms with Crippen LogP contribution < -0.4 is 5.32 Å². The summed E-state index contributed by atoms with van der Waals surface area (Å²) in [6.45, 7) is 6.08. The summed E-state index contributed by atoms with van der Waals surface area (Å²) in [5, 5.41) is 12.5. The summed E-state index contributed by atoms with van der Waals surface area (Å²) in [6, 6.07) is 0. The van der Waals surface area contributed by atoms with Gasteiger partial charge in [-0.25, -0.2) is 0 Å². The SMILES string of the molecule is CCCC1(C(=O)N2CCCC(CCO)C2)CCCNC1. The third-order valence-corrected chi connectivity index (χ3v) is 5.00. The molecule has 0 spiro atoms. The van der Waals surface area contributed by atoms with E-state index in [0.717, 1.165) is 71.1 Å². The highest BCUT2D eigenvalue weighted by Gasteiger charge is 2.42. The molecule has 2 N–H and O–H groups in total. The lowest BCUT2D eigenvalue weighted by molar-refractivity contribution is -0.146. The summed E-state index contributed by atoms with van der Waals surface area (Å²) in [5.74, 6) is 0.863. The van der Waals surface area contributed by atoms with E-state index in [1.54, 1.807) is 0 Å². The molecule has 2 aliphatic rings. The van der Waals surface area contributed by atoms with Crippen molar-refractivity contribution in [2.24, 2.45) is 11.3 Å². The summed E-state index contributed by atoms with van der Waals surface area (Å²) < 4.78 is 0. The van der Waals surface area contributed by atoms with Gasteiger partial charge in [0, 0.05) is 26.2 Å². The third-order valence-electron chi connectivity index (χ3n) is 5.00. The number of nitrogens with one attached hydrogen (secondary N) is 1. The van der Waals surface area contributed by atoms with Crippen LogP contribution in [-0.4, -0.2) is 48.7 Å². The van der Waals surface area contributed by atoms with Crippen LogP contribution in [0.25, 0.3) is 0 Å². The molecule has 0 aromatic rings. The highest BCUT2D eigenvalue weighted by molar-refractivity contribution is 5.83. The van der Waals surface area contributed by atoms with Crippen molar-refractivity contribution in [3.05, 3.63) is 0 Å². The Labute approximate surface area is 122 Å². The number of aliphatic hydroxyl groups excluding tert-OH is 1. The first-order valence-corrected chi connectivity index (χ1v) is 8.33. The van der Waals surface area contributed by atoms with Crippen LogP contribution in [0.1, 0.15) is 51.9 Å². The standard InChI is InChI=1S/C16H30N2O2/c1-2-7-16(8-4-9-17-13-16)15(20)18-10-3-5-14(12-18)6-11-19/h14,17,19H,2-13H2,1H3. The Kier molecular flexibility index (Phi) is 5.85. The maximum absolute atomic E-state index is 13.0. The van der Waals surface area contributed by atoms with Crippen molar-refractivity contribution in [3.8, 4) is 0 Å². The van der Waals surface area contributed by atoms with Crippen molar-refractivity contribution in [3.63, 3.8) is 0 Å². The molecule has 0 radical (unpaired) electrons. The monoisotopic (exact) mass is 282 g/mol. The molecule has 2 rings (SSSR count). The van der Waals surface area contributed by atoms with Crippen LogP contribution in [0.15, 0.2) is 0 Å². The molecule has 4 heteroatoms. The number of carbonyl (C=O) groups excluding carboxylic acids is 1. The van der Waals surface area contributed by atoms with Crippen molar-refractivity contribution in [1.29, 1.82) is 0 Å². The van der Waals surface area contributed by atoms with Gasteiger partial charge >= 0.3 is 0 Å². The zero-order chi connectivity index (χ0) is 14.4. The van der Waals surface area contributed by atoms with Gasteiger partial charge in [-0.05, 0) is 51.0 Å². The van der Waals surface area contributed by atoms with Crippen molar-refractivity contribution >= 4 is 5.91 Å². The molecule has 0 saturated carbocycles. The van der Waals surface area contributed by atoms with Gasteiger partial charge in [0.1, 0.15) is 0 Å². The highest BCUT2D eigenvalue weighted by Crippen LogP contribution is 2.35. The van der Waals surface area contributed by atoms with Crippen LogP contribution in [0, 0.1) is 11.3 Å². The van der Waals surface area contributed by atoms with E-state index < -0.39 is 0 Å². The number of likely N-dealkylation sites (tertiary alicyclic amines) is 1. The number of rotatable bonds is 5. The maximum Gasteiger partial charge on any atom is 0.230 e. The molecule has 1 amide bonds. The molecule has 2 fully saturated rings. The van der Waals surface area contributed by atoms with Crippen LogP contribution >= 0.6 is 0 Å². The van der Waals surface area contributed by atoms with Crippen LogP contribution in [0.3, 0.4) is 0 Å². The summed E-state index contributed by atoms with van der Waals surface area (Å²) >= 11 is 0. The quantitative estimate of drug-likeness (QED) is 0.808. The lowest BCUT2D eigenvalue weighted by Gasteiger charge is -2.42. The first-order chi connectivity index (χ1) is 9.72. The Balaban J connectivity index is 2.02. The molecule has 4 nitrogen and oxygen atoms in total. The van der Waals surface area contributed by atoms with Gasteiger partial charge in [-0.15, -0.1) is 0 Å². The van der Waals surface area contributed by atoms with Gasteiger partial charge in [-0.3, -0.25) is 4.79 Å². The predicted molar refractivity (Wildman–Crippen MR) is 80.5 cm³/mol. The Bertz CT molecular complexity index is 306. The summed E-state index contributed by atoms with van der Waals surface area (Å²) in [7, 11) is 0. The van der Waals surface area contributed by atoms with E-state index in [9.17, 15) is 4.79 Å². The van der Waals surface area contributed by atoms with E-state index in [0.29, 0.717) is 11.8 Å². The van der Waals surface area contributed by atoms with E-state index >= 15 is 0 Å². The first-order valence-electron chi connectivity index (χ1n) is 8.33. The summed E-state index contributed by atoms with van der Waals surface area (Å²) in [6.07, 6.45) is 7.30. The highest BCUT2D eigenvalue weighted by atomic mass is 16.3. The number of hydrogen-bond acceptors (Lipinski definition) is 3. The van der Waals surface area contributed by atoms with Crippen molar-refractivity contribution < 1.29 is 9.90 Å². The van der Waals surface area contributed by atoms with Crippen molar-refractivity contribution in [2.45, 2.75) is 51.9 Å². The van der Waals surface area contributed by atoms with Gasteiger partial charge < -0.3 is 15.3 Å². The average molecular weight is 282 g/mol. The zero-order valence-electron chi connectivity index (χ0n) is 12.9. The van der Waals surface area contributed by atoms with Crippen LogP contribution in [0.5, 0.6) is 0 Å². The smallest absolute Gasteiger partial charge is 0.230 e. The molecule has 2 unspecified atom stereocenters. The number of amides is 1. The van der Waals surface area contributed by atoms with E-state index in [4.69, 9.17) is 5.11 Å². The van der Waals surface area contributed by atoms with E-state index in [2.05, 4.69) is 17.1 Å². The Morgan fingerprint density at radius 2 is 2.30 bits per heavy atom. The molecular weight excluding hydrogens is 252 g/mol. The molecule has 20 heavy (non-hydrogen) atoms. The van der Waals surface area contributed by atoms with E-state index in [1.807, 2.05) is 0 Å². The summed E-state index contributed by atoms with van der Waals surface area (Å²) in [4.78, 5) is 15.1. The fourth-order valence-electron chi connectivity index (χ4n) is 3.95. The maximum atomic E-state index is 13.0. The predicted octanol–water partition coefficient (Wildman–Crippen LogP) is 1.78. The van der Waals surface area contributed by atoms with E-state index in [1.165, 1.54) is 0 Å². The van der Waals surface area contributed by atoms with Gasteiger partial charge in [-0.2, -0.15) is 0 Å². The van der Waals surface area contributed by atoms with E-state index in [-0.39, 0.29) is 12.0 Å². The van der Waals surface area contributed by atoms with Gasteiger partial charge in [0.25, 0.3) is 0 Å². The number of aliphatic hydroxyl groups is 1. The second kappa shape index (κ2) is 7.41. The van der Waals surface area contributed by atoms with Gasteiger partial charge in [0.15, 0.2) is 0 Å². The summed E-state index contributed by atoms with van der Waals surface area (Å²) in [5.41, 5.74) is -0.159. The average Bonchev–Trinajstić information content (AvgIpc) is 2.48. The molecule has 0 aromatic heterocycles. The third kappa shape index (κ3) is 3.53. The van der Waals surface area contributed by atoms with Crippen LogP contribution in [0.2, 0.25) is 0 Å². The molecule has 2 atom stereocenters. The fraction of sp³-hybridized carbons (Fsp3) is 0.938. The van der Waals surface area contributed by atoms with Gasteiger partial charge in [0.05, 0.1) is 5.41 Å². The minimum absolute atomic E-state index is 0.159. The topological polar surface area (TPSA) is 52.6 Å². The zero-order valence-corrected chi connectivity index (χ0v) is 12.9. The van der Waals surface area contributed by atoms with Crippen LogP contribution in [-0.2, 0) is 4.79 Å². The Morgan fingerprint density at radius 1 is 1.45 bits per heavy atom. The molecule has 0 bridgehead atoms. The minimum atomic E-state index is -0.159. The Hall–Kier alpha value is -0.610.